The van der Waals surface area contributed by atoms with Crippen molar-refractivity contribution >= 4 is 40.1 Å². The predicted molar refractivity (Wildman–Crippen MR) is 77.6 cm³/mol. The van der Waals surface area contributed by atoms with Crippen LogP contribution in [0.15, 0.2) is 0 Å². The van der Waals surface area contributed by atoms with E-state index in [9.17, 15) is 9.59 Å². The number of ether oxygens (including phenoxy) is 1. The van der Waals surface area contributed by atoms with E-state index in [2.05, 4.69) is 10.2 Å². The summed E-state index contributed by atoms with van der Waals surface area (Å²) in [4.78, 5) is 26.8. The maximum Gasteiger partial charge on any atom is 0.329 e. The molecule has 1 aromatic heterocycles. The molecular weight excluding hydrogens is 316 g/mol. The van der Waals surface area contributed by atoms with Crippen molar-refractivity contribution in [3.63, 3.8) is 0 Å². The van der Waals surface area contributed by atoms with Crippen LogP contribution in [0, 0.1) is 0 Å². The molecule has 1 saturated carbocycles. The molecule has 1 saturated heterocycles. The third-order valence-electron chi connectivity index (χ3n) is 3.47. The van der Waals surface area contributed by atoms with Crippen molar-refractivity contribution in [1.29, 1.82) is 0 Å². The molecule has 0 bridgehead atoms. The van der Waals surface area contributed by atoms with Crippen LogP contribution in [0.5, 0.6) is 0 Å². The van der Waals surface area contributed by atoms with Crippen molar-refractivity contribution in [1.82, 2.24) is 15.1 Å². The molecular formula is C12H15ClN4O3S. The average Bonchev–Trinajstić information content (AvgIpc) is 3.22. The first-order valence-corrected chi connectivity index (χ1v) is 8.08. The van der Waals surface area contributed by atoms with Gasteiger partial charge in [0.1, 0.15) is 10.9 Å². The molecule has 2 amide bonds. The molecule has 7 nitrogen and oxygen atoms in total. The maximum atomic E-state index is 12.4. The Morgan fingerprint density at radius 1 is 1.43 bits per heavy atom. The predicted octanol–water partition coefficient (Wildman–Crippen LogP) is 1.79. The number of anilines is 1. The lowest BCUT2D eigenvalue weighted by atomic mass is 10.3. The van der Waals surface area contributed by atoms with E-state index in [1.54, 1.807) is 11.9 Å². The Kier molecular flexibility index (Phi) is 3.99. The molecule has 1 aliphatic heterocycles. The maximum absolute atomic E-state index is 12.4. The summed E-state index contributed by atoms with van der Waals surface area (Å²) in [6.45, 7) is 0.518. The minimum Gasteiger partial charge on any atom is -0.440 e. The van der Waals surface area contributed by atoms with E-state index < -0.39 is 12.2 Å². The summed E-state index contributed by atoms with van der Waals surface area (Å²) in [6, 6.07) is -0.243. The van der Waals surface area contributed by atoms with Gasteiger partial charge in [0, 0.05) is 25.9 Å². The summed E-state index contributed by atoms with van der Waals surface area (Å²) >= 11 is 6.86. The van der Waals surface area contributed by atoms with Crippen LogP contribution in [-0.2, 0) is 9.53 Å². The summed E-state index contributed by atoms with van der Waals surface area (Å²) in [5.74, 6) is -0.314. The van der Waals surface area contributed by atoms with E-state index >= 15 is 0 Å². The number of nitrogens with zero attached hydrogens (tertiary/aromatic N) is 4. The summed E-state index contributed by atoms with van der Waals surface area (Å²) in [6.07, 6.45) is 2.09. The van der Waals surface area contributed by atoms with E-state index in [1.807, 2.05) is 0 Å². The zero-order chi connectivity index (χ0) is 15.0. The summed E-state index contributed by atoms with van der Waals surface area (Å²) in [7, 11) is 1.71. The van der Waals surface area contributed by atoms with Gasteiger partial charge in [-0.15, -0.1) is 21.8 Å². The number of alkyl halides is 1. The fraction of sp³-hybridized carbons (Fsp3) is 0.667. The average molecular weight is 331 g/mol. The molecule has 1 aromatic rings. The van der Waals surface area contributed by atoms with Crippen LogP contribution in [0.2, 0.25) is 0 Å². The number of carbonyl (C=O) groups is 2. The molecule has 0 radical (unpaired) electrons. The number of hydrogen-bond acceptors (Lipinski definition) is 6. The SMILES string of the molecule is CN1CCC(OC(=O)CCl)N(c2nnc(C3CC3)s2)C1=O. The molecule has 9 heteroatoms. The third kappa shape index (κ3) is 2.96. The molecule has 114 valence electrons. The fourth-order valence-electron chi connectivity index (χ4n) is 2.15. The van der Waals surface area contributed by atoms with Crippen LogP contribution in [0.1, 0.15) is 30.2 Å². The van der Waals surface area contributed by atoms with Crippen molar-refractivity contribution in [2.24, 2.45) is 0 Å². The highest BCUT2D eigenvalue weighted by atomic mass is 35.5. The number of esters is 1. The topological polar surface area (TPSA) is 75.6 Å². The van der Waals surface area contributed by atoms with Gasteiger partial charge >= 0.3 is 12.0 Å². The van der Waals surface area contributed by atoms with Crippen LogP contribution in [0.3, 0.4) is 0 Å². The highest BCUT2D eigenvalue weighted by molar-refractivity contribution is 7.15. The van der Waals surface area contributed by atoms with Gasteiger partial charge in [0.25, 0.3) is 0 Å². The molecule has 1 atom stereocenters. The largest absolute Gasteiger partial charge is 0.440 e. The van der Waals surface area contributed by atoms with Gasteiger partial charge in [-0.1, -0.05) is 11.3 Å². The number of urea groups is 1. The molecule has 1 unspecified atom stereocenters. The van der Waals surface area contributed by atoms with Crippen molar-refractivity contribution in [2.75, 3.05) is 24.4 Å². The van der Waals surface area contributed by atoms with Crippen LogP contribution in [0.25, 0.3) is 0 Å². The summed E-state index contributed by atoms with van der Waals surface area (Å²) in [5.41, 5.74) is 0. The van der Waals surface area contributed by atoms with Crippen molar-refractivity contribution in [3.8, 4) is 0 Å². The smallest absolute Gasteiger partial charge is 0.329 e. The first-order chi connectivity index (χ1) is 10.1. The Morgan fingerprint density at radius 2 is 2.19 bits per heavy atom. The lowest BCUT2D eigenvalue weighted by Crippen LogP contribution is -2.54. The van der Waals surface area contributed by atoms with E-state index in [0.29, 0.717) is 24.0 Å². The fourth-order valence-corrected chi connectivity index (χ4v) is 3.26. The highest BCUT2D eigenvalue weighted by Gasteiger charge is 2.38. The quantitative estimate of drug-likeness (QED) is 0.621. The van der Waals surface area contributed by atoms with E-state index in [-0.39, 0.29) is 11.9 Å². The molecule has 2 fully saturated rings. The van der Waals surface area contributed by atoms with Crippen LogP contribution in [0.4, 0.5) is 9.93 Å². The second kappa shape index (κ2) is 5.76. The number of rotatable bonds is 4. The van der Waals surface area contributed by atoms with Gasteiger partial charge in [0.2, 0.25) is 5.13 Å². The second-order valence-electron chi connectivity index (χ2n) is 5.14. The molecule has 21 heavy (non-hydrogen) atoms. The van der Waals surface area contributed by atoms with Crippen LogP contribution < -0.4 is 4.90 Å². The highest BCUT2D eigenvalue weighted by Crippen LogP contribution is 2.43. The lowest BCUT2D eigenvalue weighted by molar-refractivity contribution is -0.146. The van der Waals surface area contributed by atoms with Gasteiger partial charge < -0.3 is 9.64 Å². The van der Waals surface area contributed by atoms with E-state index in [4.69, 9.17) is 16.3 Å². The number of hydrogen-bond donors (Lipinski definition) is 0. The number of carbonyl (C=O) groups excluding carboxylic acids is 2. The number of amides is 2. The summed E-state index contributed by atoms with van der Waals surface area (Å²) in [5, 5.41) is 9.64. The van der Waals surface area contributed by atoms with Gasteiger partial charge in [-0.2, -0.15) is 0 Å². The minimum absolute atomic E-state index is 0.238. The molecule has 2 aliphatic rings. The number of halogens is 1. The van der Waals surface area contributed by atoms with Crippen LogP contribution in [-0.4, -0.2) is 52.8 Å². The Bertz CT molecular complexity index is 562. The Labute approximate surface area is 130 Å². The van der Waals surface area contributed by atoms with Gasteiger partial charge in [0.15, 0.2) is 6.23 Å². The molecule has 0 N–H and O–H groups in total. The van der Waals surface area contributed by atoms with Gasteiger partial charge in [0.05, 0.1) is 0 Å². The second-order valence-corrected chi connectivity index (χ2v) is 6.39. The zero-order valence-electron chi connectivity index (χ0n) is 11.5. The van der Waals surface area contributed by atoms with E-state index in [0.717, 1.165) is 17.8 Å². The standard InChI is InChI=1S/C12H15ClN4O3S/c1-16-5-4-8(20-9(18)6-13)17(12(16)19)11-15-14-10(21-11)7-2-3-7/h7-8H,2-6H2,1H3. The Balaban J connectivity index is 1.84. The minimum atomic E-state index is -0.667. The van der Waals surface area contributed by atoms with Gasteiger partial charge in [-0.05, 0) is 12.8 Å². The Morgan fingerprint density at radius 3 is 2.86 bits per heavy atom. The van der Waals surface area contributed by atoms with Gasteiger partial charge in [-0.25, -0.2) is 9.69 Å². The van der Waals surface area contributed by atoms with Crippen molar-refractivity contribution in [3.05, 3.63) is 5.01 Å². The normalized spacial score (nSPS) is 22.6. The van der Waals surface area contributed by atoms with E-state index in [1.165, 1.54) is 16.2 Å². The van der Waals surface area contributed by atoms with Crippen LogP contribution >= 0.6 is 22.9 Å². The Hall–Kier alpha value is -1.41. The first kappa shape index (κ1) is 14.5. The molecule has 0 aromatic carbocycles. The molecule has 2 heterocycles. The summed E-state index contributed by atoms with van der Waals surface area (Å²) < 4.78 is 5.26. The molecule has 1 aliphatic carbocycles. The van der Waals surface area contributed by atoms with Gasteiger partial charge in [-0.3, -0.25) is 4.79 Å². The van der Waals surface area contributed by atoms with Crippen molar-refractivity contribution in [2.45, 2.75) is 31.4 Å². The lowest BCUT2D eigenvalue weighted by Gasteiger charge is -2.37. The first-order valence-electron chi connectivity index (χ1n) is 6.73. The third-order valence-corrected chi connectivity index (χ3v) is 4.77. The monoisotopic (exact) mass is 330 g/mol. The molecule has 0 spiro atoms. The molecule has 3 rings (SSSR count). The zero-order valence-corrected chi connectivity index (χ0v) is 13.1. The number of aromatic nitrogens is 2. The van der Waals surface area contributed by atoms with Crippen molar-refractivity contribution < 1.29 is 14.3 Å².